The maximum Gasteiger partial charge on any atom is 0.337 e. The number of para-hydroxylation sites is 1. The van der Waals surface area contributed by atoms with Crippen molar-refractivity contribution in [2.24, 2.45) is 0 Å². The molecule has 0 aliphatic rings. The fraction of sp³-hybridized carbons (Fsp3) is 0.0909. The molecule has 0 radical (unpaired) electrons. The lowest BCUT2D eigenvalue weighted by Crippen LogP contribution is -2.38. The van der Waals surface area contributed by atoms with Gasteiger partial charge in [0.2, 0.25) is 0 Å². The van der Waals surface area contributed by atoms with Crippen molar-refractivity contribution in [1.29, 1.82) is 0 Å². The van der Waals surface area contributed by atoms with Crippen LogP contribution in [0.3, 0.4) is 0 Å². The molecule has 0 atom stereocenters. The number of hydrogen-bond donors (Lipinski definition) is 4. The number of carbonyl (C=O) groups excluding carboxylic acids is 2. The summed E-state index contributed by atoms with van der Waals surface area (Å²) < 4.78 is 0. The van der Waals surface area contributed by atoms with Gasteiger partial charge in [-0.05, 0) is 12.1 Å². The summed E-state index contributed by atoms with van der Waals surface area (Å²) in [5, 5.41) is 21.1. The Morgan fingerprint density at radius 2 is 1.63 bits per heavy atom. The summed E-state index contributed by atoms with van der Waals surface area (Å²) in [6.07, 6.45) is 0. The highest BCUT2D eigenvalue weighted by atomic mass is 16.4. The molecule has 0 saturated carbocycles. The Labute approximate surface area is 107 Å². The fourth-order valence-corrected chi connectivity index (χ4v) is 1.19. The summed E-state index contributed by atoms with van der Waals surface area (Å²) in [4.78, 5) is 43.7. The molecule has 4 N–H and O–H groups in total. The van der Waals surface area contributed by atoms with E-state index in [1.807, 2.05) is 5.32 Å². The lowest BCUT2D eigenvalue weighted by atomic mass is 10.2. The first kappa shape index (κ1) is 14.2. The van der Waals surface area contributed by atoms with E-state index >= 15 is 0 Å². The standard InChI is InChI=1S/C11H10N2O6/c14-8(15)5-12-9(16)10(17)13-7-4-2-1-3-6(7)11(18)19/h1-4H,5H2,(H,12,16)(H,13,17)(H,14,15)(H,18,19). The van der Waals surface area contributed by atoms with E-state index in [9.17, 15) is 19.2 Å². The Balaban J connectivity index is 2.74. The van der Waals surface area contributed by atoms with Crippen molar-refractivity contribution in [2.45, 2.75) is 0 Å². The Hall–Kier alpha value is -2.90. The summed E-state index contributed by atoms with van der Waals surface area (Å²) in [6, 6.07) is 5.51. The van der Waals surface area contributed by atoms with E-state index in [4.69, 9.17) is 10.2 Å². The van der Waals surface area contributed by atoms with Gasteiger partial charge in [-0.1, -0.05) is 12.1 Å². The number of rotatable bonds is 4. The molecule has 1 aromatic carbocycles. The van der Waals surface area contributed by atoms with E-state index in [0.717, 1.165) is 0 Å². The number of aromatic carboxylic acids is 1. The van der Waals surface area contributed by atoms with Crippen molar-refractivity contribution in [3.05, 3.63) is 29.8 Å². The van der Waals surface area contributed by atoms with Crippen molar-refractivity contribution in [3.63, 3.8) is 0 Å². The van der Waals surface area contributed by atoms with Crippen LogP contribution in [0.5, 0.6) is 0 Å². The van der Waals surface area contributed by atoms with E-state index in [2.05, 4.69) is 5.32 Å². The molecule has 0 bridgehead atoms. The molecule has 19 heavy (non-hydrogen) atoms. The number of amides is 2. The Morgan fingerprint density at radius 1 is 1.00 bits per heavy atom. The van der Waals surface area contributed by atoms with E-state index in [0.29, 0.717) is 0 Å². The highest BCUT2D eigenvalue weighted by Gasteiger charge is 2.17. The molecule has 0 heterocycles. The SMILES string of the molecule is O=C(O)CNC(=O)C(=O)Nc1ccccc1C(=O)O. The third-order valence-electron chi connectivity index (χ3n) is 2.01. The largest absolute Gasteiger partial charge is 0.480 e. The van der Waals surface area contributed by atoms with Crippen LogP contribution in [0.25, 0.3) is 0 Å². The van der Waals surface area contributed by atoms with E-state index in [1.54, 1.807) is 0 Å². The third kappa shape index (κ3) is 4.11. The van der Waals surface area contributed by atoms with Gasteiger partial charge in [-0.15, -0.1) is 0 Å². The van der Waals surface area contributed by atoms with Crippen LogP contribution in [0.4, 0.5) is 5.69 Å². The summed E-state index contributed by atoms with van der Waals surface area (Å²) in [7, 11) is 0. The predicted molar refractivity (Wildman–Crippen MR) is 62.7 cm³/mol. The molecule has 1 rings (SSSR count). The summed E-state index contributed by atoms with van der Waals surface area (Å²) in [5.41, 5.74) is -0.229. The summed E-state index contributed by atoms with van der Waals surface area (Å²) in [5.74, 6) is -4.87. The van der Waals surface area contributed by atoms with Crippen LogP contribution in [-0.2, 0) is 14.4 Å². The number of carboxylic acids is 2. The number of benzene rings is 1. The molecular weight excluding hydrogens is 256 g/mol. The van der Waals surface area contributed by atoms with Crippen LogP contribution in [0.15, 0.2) is 24.3 Å². The Kier molecular flexibility index (Phi) is 4.58. The molecular formula is C11H10N2O6. The molecule has 8 heteroatoms. The molecule has 0 aliphatic heterocycles. The average molecular weight is 266 g/mol. The molecule has 2 amide bonds. The van der Waals surface area contributed by atoms with Crippen molar-refractivity contribution in [2.75, 3.05) is 11.9 Å². The van der Waals surface area contributed by atoms with Gasteiger partial charge in [-0.3, -0.25) is 14.4 Å². The minimum atomic E-state index is -1.30. The first-order valence-electron chi connectivity index (χ1n) is 5.05. The van der Waals surface area contributed by atoms with E-state index < -0.39 is 30.3 Å². The zero-order valence-corrected chi connectivity index (χ0v) is 9.54. The lowest BCUT2D eigenvalue weighted by Gasteiger charge is -2.07. The molecule has 0 aliphatic carbocycles. The van der Waals surface area contributed by atoms with Gasteiger partial charge in [0.1, 0.15) is 6.54 Å². The minimum absolute atomic E-state index is 0.0505. The second kappa shape index (κ2) is 6.15. The molecule has 1 aromatic rings. The van der Waals surface area contributed by atoms with Crippen LogP contribution < -0.4 is 10.6 Å². The summed E-state index contributed by atoms with van der Waals surface area (Å²) >= 11 is 0. The number of anilines is 1. The smallest absolute Gasteiger partial charge is 0.337 e. The number of nitrogens with one attached hydrogen (secondary N) is 2. The highest BCUT2D eigenvalue weighted by Crippen LogP contribution is 2.14. The first-order valence-corrected chi connectivity index (χ1v) is 5.05. The van der Waals surface area contributed by atoms with Crippen molar-refractivity contribution >= 4 is 29.4 Å². The van der Waals surface area contributed by atoms with Crippen LogP contribution >= 0.6 is 0 Å². The second-order valence-corrected chi connectivity index (χ2v) is 3.38. The number of hydrogen-bond acceptors (Lipinski definition) is 4. The van der Waals surface area contributed by atoms with Gasteiger partial charge >= 0.3 is 23.8 Å². The minimum Gasteiger partial charge on any atom is -0.480 e. The molecule has 0 unspecified atom stereocenters. The lowest BCUT2D eigenvalue weighted by molar-refractivity contribution is -0.140. The molecule has 0 aromatic heterocycles. The quantitative estimate of drug-likeness (QED) is 0.544. The van der Waals surface area contributed by atoms with Gasteiger partial charge in [-0.2, -0.15) is 0 Å². The maximum atomic E-state index is 11.4. The summed E-state index contributed by atoms with van der Waals surface area (Å²) in [6.45, 7) is -0.702. The van der Waals surface area contributed by atoms with Gasteiger partial charge in [0.25, 0.3) is 0 Å². The van der Waals surface area contributed by atoms with E-state index in [-0.39, 0.29) is 11.3 Å². The second-order valence-electron chi connectivity index (χ2n) is 3.38. The molecule has 100 valence electrons. The predicted octanol–water partition coefficient (Wildman–Crippen LogP) is -0.476. The zero-order chi connectivity index (χ0) is 14.4. The topological polar surface area (TPSA) is 133 Å². The van der Waals surface area contributed by atoms with E-state index in [1.165, 1.54) is 24.3 Å². The monoisotopic (exact) mass is 266 g/mol. The van der Waals surface area contributed by atoms with Crippen LogP contribution in [0, 0.1) is 0 Å². The van der Waals surface area contributed by atoms with Crippen LogP contribution in [-0.4, -0.2) is 40.5 Å². The van der Waals surface area contributed by atoms with Gasteiger partial charge in [0.05, 0.1) is 11.3 Å². The van der Waals surface area contributed by atoms with Crippen LogP contribution in [0.1, 0.15) is 10.4 Å². The first-order chi connectivity index (χ1) is 8.91. The third-order valence-corrected chi connectivity index (χ3v) is 2.01. The van der Waals surface area contributed by atoms with Crippen molar-refractivity contribution in [1.82, 2.24) is 5.32 Å². The van der Waals surface area contributed by atoms with Crippen molar-refractivity contribution in [3.8, 4) is 0 Å². The zero-order valence-electron chi connectivity index (χ0n) is 9.54. The van der Waals surface area contributed by atoms with Gasteiger partial charge < -0.3 is 20.8 Å². The van der Waals surface area contributed by atoms with Gasteiger partial charge in [-0.25, -0.2) is 4.79 Å². The average Bonchev–Trinajstić information content (AvgIpc) is 2.36. The van der Waals surface area contributed by atoms with Gasteiger partial charge in [0, 0.05) is 0 Å². The molecule has 0 spiro atoms. The number of carboxylic acid groups (broad SMARTS) is 2. The maximum absolute atomic E-state index is 11.4. The highest BCUT2D eigenvalue weighted by molar-refractivity contribution is 6.40. The Bertz CT molecular complexity index is 540. The molecule has 0 fully saturated rings. The molecule has 0 saturated heterocycles. The van der Waals surface area contributed by atoms with Crippen LogP contribution in [0.2, 0.25) is 0 Å². The normalized spacial score (nSPS) is 9.47. The van der Waals surface area contributed by atoms with Crippen molar-refractivity contribution < 1.29 is 29.4 Å². The molecule has 8 nitrogen and oxygen atoms in total. The fourth-order valence-electron chi connectivity index (χ4n) is 1.19. The Morgan fingerprint density at radius 3 is 2.21 bits per heavy atom. The number of carbonyl (C=O) groups is 4. The number of aliphatic carboxylic acids is 1. The van der Waals surface area contributed by atoms with Gasteiger partial charge in [0.15, 0.2) is 0 Å².